The first kappa shape index (κ1) is 22.1. The molecule has 1 fully saturated rings. The van der Waals surface area contributed by atoms with Gasteiger partial charge in [0, 0.05) is 37.6 Å². The van der Waals surface area contributed by atoms with Crippen molar-refractivity contribution in [3.05, 3.63) is 101 Å². The lowest BCUT2D eigenvalue weighted by atomic mass is 9.89. The molecule has 1 amide bonds. The fraction of sp³-hybridized carbons (Fsp3) is 0.286. The van der Waals surface area contributed by atoms with E-state index in [1.807, 2.05) is 0 Å². The van der Waals surface area contributed by atoms with E-state index in [9.17, 15) is 9.18 Å². The number of pyridine rings is 1. The van der Waals surface area contributed by atoms with Crippen molar-refractivity contribution in [1.82, 2.24) is 14.7 Å². The van der Waals surface area contributed by atoms with Crippen molar-refractivity contribution in [2.24, 2.45) is 0 Å². The van der Waals surface area contributed by atoms with Gasteiger partial charge in [0.1, 0.15) is 17.2 Å². The minimum atomic E-state index is -0.371. The fourth-order valence-corrected chi connectivity index (χ4v) is 4.81. The van der Waals surface area contributed by atoms with Gasteiger partial charge in [-0.05, 0) is 61.9 Å². The van der Waals surface area contributed by atoms with Crippen molar-refractivity contribution in [2.75, 3.05) is 18.0 Å². The molecule has 1 N–H and O–H groups in total. The summed E-state index contributed by atoms with van der Waals surface area (Å²) in [5, 5.41) is 2.97. The van der Waals surface area contributed by atoms with Crippen LogP contribution in [0.1, 0.15) is 51.6 Å². The minimum Gasteiger partial charge on any atom is -0.371 e. The number of nitrogens with zero attached hydrogens (tertiary/aromatic N) is 3. The van der Waals surface area contributed by atoms with Crippen LogP contribution < -0.4 is 10.2 Å². The molecule has 2 aromatic heterocycles. The van der Waals surface area contributed by atoms with Gasteiger partial charge in [-0.1, -0.05) is 42.0 Å². The lowest BCUT2D eigenvalue weighted by Gasteiger charge is -2.34. The number of anilines is 1. The molecule has 0 saturated carbocycles. The summed E-state index contributed by atoms with van der Waals surface area (Å²) in [5.41, 5.74) is 6.44. The maximum atomic E-state index is 13.5. The third-order valence-corrected chi connectivity index (χ3v) is 6.78. The highest BCUT2D eigenvalue weighted by Crippen LogP contribution is 2.30. The Morgan fingerprint density at radius 3 is 2.44 bits per heavy atom. The van der Waals surface area contributed by atoms with Gasteiger partial charge in [-0.3, -0.25) is 9.20 Å². The second-order valence-electron chi connectivity index (χ2n) is 9.14. The molecule has 1 saturated heterocycles. The molecular weight excluding hydrogens is 427 g/mol. The number of hydrogen-bond donors (Lipinski definition) is 1. The van der Waals surface area contributed by atoms with Gasteiger partial charge in [-0.25, -0.2) is 9.37 Å². The molecule has 0 bridgehead atoms. The molecule has 0 spiro atoms. The van der Waals surface area contributed by atoms with Crippen LogP contribution in [0.2, 0.25) is 0 Å². The number of halogens is 1. The molecule has 0 unspecified atom stereocenters. The maximum Gasteiger partial charge on any atom is 0.270 e. The first-order chi connectivity index (χ1) is 16.5. The Morgan fingerprint density at radius 2 is 1.74 bits per heavy atom. The van der Waals surface area contributed by atoms with Crippen molar-refractivity contribution in [3.8, 4) is 0 Å². The first-order valence-electron chi connectivity index (χ1n) is 11.8. The lowest BCUT2D eigenvalue weighted by molar-refractivity contribution is 0.0944. The number of nitrogens with one attached hydrogen (secondary N) is 1. The first-order valence-corrected chi connectivity index (χ1v) is 11.8. The quantitative estimate of drug-likeness (QED) is 0.437. The van der Waals surface area contributed by atoms with Crippen LogP contribution in [-0.2, 0) is 6.54 Å². The van der Waals surface area contributed by atoms with Crippen molar-refractivity contribution >= 4 is 17.2 Å². The number of benzene rings is 2. The molecule has 1 aliphatic rings. The number of carbonyl (C=O) groups excluding carboxylic acids is 1. The number of carbonyl (C=O) groups is 1. The molecule has 0 radical (unpaired) electrons. The van der Waals surface area contributed by atoms with E-state index in [0.717, 1.165) is 31.5 Å². The molecule has 5 nitrogen and oxygen atoms in total. The number of rotatable bonds is 5. The van der Waals surface area contributed by atoms with Gasteiger partial charge in [0.05, 0.1) is 5.69 Å². The van der Waals surface area contributed by atoms with Crippen molar-refractivity contribution in [3.63, 3.8) is 0 Å². The second kappa shape index (κ2) is 9.29. The van der Waals surface area contributed by atoms with Gasteiger partial charge in [-0.2, -0.15) is 0 Å². The average Bonchev–Trinajstić information content (AvgIpc) is 3.18. The number of fused-ring (bicyclic) bond motifs is 1. The van der Waals surface area contributed by atoms with Crippen LogP contribution in [0.4, 0.5) is 10.1 Å². The minimum absolute atomic E-state index is 0.223. The molecule has 0 atom stereocenters. The highest BCUT2D eigenvalue weighted by molar-refractivity contribution is 5.94. The fourth-order valence-electron chi connectivity index (χ4n) is 4.81. The number of aromatic nitrogens is 2. The van der Waals surface area contributed by atoms with Crippen LogP contribution in [0.25, 0.3) is 5.65 Å². The number of imidazole rings is 1. The lowest BCUT2D eigenvalue weighted by Crippen LogP contribution is -2.32. The van der Waals surface area contributed by atoms with Crippen LogP contribution in [0.5, 0.6) is 0 Å². The van der Waals surface area contributed by atoms with Crippen LogP contribution in [0.3, 0.4) is 0 Å². The Kier molecular flexibility index (Phi) is 6.05. The number of aryl methyl sites for hydroxylation is 2. The number of amides is 1. The van der Waals surface area contributed by atoms with Crippen molar-refractivity contribution < 1.29 is 9.18 Å². The van der Waals surface area contributed by atoms with E-state index in [-0.39, 0.29) is 11.7 Å². The Bertz CT molecular complexity index is 1300. The van der Waals surface area contributed by atoms with Gasteiger partial charge in [-0.15, -0.1) is 0 Å². The van der Waals surface area contributed by atoms with E-state index in [4.69, 9.17) is 0 Å². The standard InChI is InChI=1S/C28H29FN4O/c1-19-3-7-22(8-4-19)23-11-14-32(15-12-23)25-9-5-21(6-10-25)18-30-28(34)27-20(2)31-26-17-24(29)13-16-33(26)27/h3-10,13,16-17,23H,11-12,14-15,18H2,1-2H3,(H,30,34). The van der Waals surface area contributed by atoms with E-state index in [2.05, 4.69) is 70.7 Å². The van der Waals surface area contributed by atoms with Crippen LogP contribution in [0.15, 0.2) is 66.9 Å². The molecule has 4 aromatic rings. The van der Waals surface area contributed by atoms with E-state index < -0.39 is 0 Å². The van der Waals surface area contributed by atoms with Crippen LogP contribution >= 0.6 is 0 Å². The topological polar surface area (TPSA) is 49.6 Å². The van der Waals surface area contributed by atoms with E-state index in [0.29, 0.717) is 29.5 Å². The summed E-state index contributed by atoms with van der Waals surface area (Å²) in [6, 6.07) is 20.0. The predicted octanol–water partition coefficient (Wildman–Crippen LogP) is 5.40. The monoisotopic (exact) mass is 456 g/mol. The van der Waals surface area contributed by atoms with Gasteiger partial charge in [0.25, 0.3) is 5.91 Å². The summed E-state index contributed by atoms with van der Waals surface area (Å²) < 4.78 is 15.1. The third-order valence-electron chi connectivity index (χ3n) is 6.78. The third kappa shape index (κ3) is 4.53. The molecule has 174 valence electrons. The molecule has 2 aromatic carbocycles. The molecule has 5 rings (SSSR count). The zero-order chi connectivity index (χ0) is 23.7. The summed E-state index contributed by atoms with van der Waals surface area (Å²) in [5.74, 6) is 0.0358. The number of hydrogen-bond acceptors (Lipinski definition) is 3. The summed E-state index contributed by atoms with van der Waals surface area (Å²) in [6.07, 6.45) is 3.85. The molecule has 1 aliphatic heterocycles. The maximum absolute atomic E-state index is 13.5. The van der Waals surface area contributed by atoms with E-state index in [1.165, 1.54) is 35.1 Å². The molecular formula is C28H29FN4O. The largest absolute Gasteiger partial charge is 0.371 e. The molecule has 0 aliphatic carbocycles. The zero-order valence-corrected chi connectivity index (χ0v) is 19.6. The Balaban J connectivity index is 1.18. The Labute approximate surface area is 199 Å². The molecule has 34 heavy (non-hydrogen) atoms. The Morgan fingerprint density at radius 1 is 1.03 bits per heavy atom. The van der Waals surface area contributed by atoms with E-state index in [1.54, 1.807) is 11.3 Å². The SMILES string of the molecule is Cc1ccc(C2CCN(c3ccc(CNC(=O)c4c(C)nc5cc(F)ccn45)cc3)CC2)cc1. The van der Waals surface area contributed by atoms with E-state index >= 15 is 0 Å². The second-order valence-corrected chi connectivity index (χ2v) is 9.14. The average molecular weight is 457 g/mol. The highest BCUT2D eigenvalue weighted by atomic mass is 19.1. The summed E-state index contributed by atoms with van der Waals surface area (Å²) in [7, 11) is 0. The van der Waals surface area contributed by atoms with Gasteiger partial charge in [0.2, 0.25) is 0 Å². The molecule has 3 heterocycles. The highest BCUT2D eigenvalue weighted by Gasteiger charge is 2.21. The zero-order valence-electron chi connectivity index (χ0n) is 19.6. The summed E-state index contributed by atoms with van der Waals surface area (Å²) in [6.45, 7) is 6.40. The van der Waals surface area contributed by atoms with Gasteiger partial charge < -0.3 is 10.2 Å². The number of piperidine rings is 1. The smallest absolute Gasteiger partial charge is 0.270 e. The van der Waals surface area contributed by atoms with Crippen LogP contribution in [0, 0.1) is 19.7 Å². The summed E-state index contributed by atoms with van der Waals surface area (Å²) >= 11 is 0. The predicted molar refractivity (Wildman–Crippen MR) is 133 cm³/mol. The normalized spacial score (nSPS) is 14.5. The van der Waals surface area contributed by atoms with Gasteiger partial charge in [0.15, 0.2) is 0 Å². The van der Waals surface area contributed by atoms with Crippen molar-refractivity contribution in [2.45, 2.75) is 39.2 Å². The van der Waals surface area contributed by atoms with Crippen LogP contribution in [-0.4, -0.2) is 28.4 Å². The van der Waals surface area contributed by atoms with Crippen molar-refractivity contribution in [1.29, 1.82) is 0 Å². The van der Waals surface area contributed by atoms with Gasteiger partial charge >= 0.3 is 0 Å². The Hall–Kier alpha value is -3.67. The molecule has 6 heteroatoms. The summed E-state index contributed by atoms with van der Waals surface area (Å²) in [4.78, 5) is 19.5.